The molecule has 0 amide bonds. The summed E-state index contributed by atoms with van der Waals surface area (Å²) in [4.78, 5) is 11.2. The Labute approximate surface area is 105 Å². The summed E-state index contributed by atoms with van der Waals surface area (Å²) >= 11 is 5.67. The Morgan fingerprint density at radius 2 is 2.35 bits per heavy atom. The van der Waals surface area contributed by atoms with Gasteiger partial charge in [-0.1, -0.05) is 30.3 Å². The minimum Gasteiger partial charge on any atom is -0.385 e. The molecule has 5 heteroatoms. The molecular formula is C12H14ClFN2O. The predicted octanol–water partition coefficient (Wildman–Crippen LogP) is 2.62. The molecule has 1 aliphatic rings. The van der Waals surface area contributed by atoms with Crippen molar-refractivity contribution < 1.29 is 9.18 Å². The van der Waals surface area contributed by atoms with Crippen molar-refractivity contribution in [2.24, 2.45) is 5.73 Å². The first-order valence-electron chi connectivity index (χ1n) is 5.12. The van der Waals surface area contributed by atoms with Crippen LogP contribution in [-0.2, 0) is 4.79 Å². The number of hydrogen-bond donors (Lipinski definition) is 2. The zero-order valence-electron chi connectivity index (χ0n) is 9.52. The number of carbonyl (C=O) groups is 1. The van der Waals surface area contributed by atoms with Gasteiger partial charge >= 0.3 is 0 Å². The van der Waals surface area contributed by atoms with Gasteiger partial charge in [-0.15, -0.1) is 0 Å². The van der Waals surface area contributed by atoms with E-state index in [0.717, 1.165) is 0 Å². The first kappa shape index (κ1) is 13.5. The molecule has 0 saturated heterocycles. The summed E-state index contributed by atoms with van der Waals surface area (Å²) in [5.74, 6) is -0.680. The van der Waals surface area contributed by atoms with Crippen LogP contribution in [0.2, 0.25) is 0 Å². The van der Waals surface area contributed by atoms with Crippen LogP contribution in [0.1, 0.15) is 19.8 Å². The van der Waals surface area contributed by atoms with E-state index in [-0.39, 0.29) is 27.9 Å². The van der Waals surface area contributed by atoms with Crippen molar-refractivity contribution in [1.82, 2.24) is 5.32 Å². The lowest BCUT2D eigenvalue weighted by atomic mass is 10.1. The van der Waals surface area contributed by atoms with Crippen molar-refractivity contribution in [2.45, 2.75) is 19.8 Å². The van der Waals surface area contributed by atoms with E-state index in [2.05, 4.69) is 11.9 Å². The predicted molar refractivity (Wildman–Crippen MR) is 66.5 cm³/mol. The molecule has 3 N–H and O–H groups in total. The van der Waals surface area contributed by atoms with Gasteiger partial charge in [-0.25, -0.2) is 4.39 Å². The van der Waals surface area contributed by atoms with Gasteiger partial charge in [-0.3, -0.25) is 4.79 Å². The molecule has 0 bridgehead atoms. The number of ketones is 1. The Hall–Kier alpha value is -1.55. The van der Waals surface area contributed by atoms with E-state index < -0.39 is 5.83 Å². The topological polar surface area (TPSA) is 55.1 Å². The Kier molecular flexibility index (Phi) is 4.52. The van der Waals surface area contributed by atoms with Crippen molar-refractivity contribution in [3.05, 3.63) is 46.7 Å². The first-order chi connectivity index (χ1) is 7.97. The van der Waals surface area contributed by atoms with E-state index in [1.807, 2.05) is 0 Å². The van der Waals surface area contributed by atoms with E-state index in [1.165, 1.54) is 13.0 Å². The zero-order chi connectivity index (χ0) is 13.0. The van der Waals surface area contributed by atoms with Crippen LogP contribution in [0.4, 0.5) is 4.39 Å². The Morgan fingerprint density at radius 1 is 1.71 bits per heavy atom. The number of nitrogens with two attached hydrogens (primary N) is 1. The molecule has 1 aliphatic carbocycles. The molecule has 0 atom stereocenters. The van der Waals surface area contributed by atoms with Gasteiger partial charge < -0.3 is 11.1 Å². The normalized spacial score (nSPS) is 17.2. The summed E-state index contributed by atoms with van der Waals surface area (Å²) in [5.41, 5.74) is 6.20. The number of allylic oxidation sites excluding steroid dienone is 6. The maximum atomic E-state index is 13.6. The fourth-order valence-electron chi connectivity index (χ4n) is 1.48. The first-order valence-corrected chi connectivity index (χ1v) is 5.50. The number of halogens is 2. The summed E-state index contributed by atoms with van der Waals surface area (Å²) in [5, 5.41) is 2.74. The fourth-order valence-corrected chi connectivity index (χ4v) is 1.70. The van der Waals surface area contributed by atoms with Gasteiger partial charge in [0.15, 0.2) is 11.6 Å². The van der Waals surface area contributed by atoms with Crippen LogP contribution in [0.25, 0.3) is 0 Å². The maximum Gasteiger partial charge on any atom is 0.163 e. The maximum absolute atomic E-state index is 13.6. The Bertz CT molecular complexity index is 449. The lowest BCUT2D eigenvalue weighted by molar-refractivity contribution is -0.113. The van der Waals surface area contributed by atoms with Gasteiger partial charge in [0.2, 0.25) is 0 Å². The molecule has 0 fully saturated rings. The molecule has 0 unspecified atom stereocenters. The third kappa shape index (κ3) is 3.20. The lowest BCUT2D eigenvalue weighted by Gasteiger charge is -2.16. The minimum atomic E-state index is -0.534. The summed E-state index contributed by atoms with van der Waals surface area (Å²) in [6.45, 7) is 4.85. The third-order valence-corrected chi connectivity index (χ3v) is 2.67. The number of Topliss-reactive ketones (excluding diaryl/α,β-unsaturated/α-hetero) is 1. The highest BCUT2D eigenvalue weighted by Gasteiger charge is 2.16. The van der Waals surface area contributed by atoms with Crippen molar-refractivity contribution in [2.75, 3.05) is 0 Å². The molecule has 0 aromatic rings. The highest BCUT2D eigenvalue weighted by Crippen LogP contribution is 2.27. The highest BCUT2D eigenvalue weighted by molar-refractivity contribution is 6.31. The van der Waals surface area contributed by atoms with Gasteiger partial charge in [0.05, 0.1) is 16.3 Å². The second-order valence-corrected chi connectivity index (χ2v) is 4.00. The largest absolute Gasteiger partial charge is 0.385 e. The minimum absolute atomic E-state index is 0.0644. The van der Waals surface area contributed by atoms with E-state index in [4.69, 9.17) is 17.3 Å². The molecule has 0 aromatic heterocycles. The third-order valence-electron chi connectivity index (χ3n) is 2.35. The van der Waals surface area contributed by atoms with Crippen LogP contribution in [0.15, 0.2) is 46.7 Å². The second kappa shape index (κ2) is 5.68. The molecule has 1 rings (SSSR count). The van der Waals surface area contributed by atoms with Crippen LogP contribution in [0, 0.1) is 0 Å². The molecule has 17 heavy (non-hydrogen) atoms. The summed E-state index contributed by atoms with van der Waals surface area (Å²) < 4.78 is 13.6. The second-order valence-electron chi connectivity index (χ2n) is 3.60. The quantitative estimate of drug-likeness (QED) is 0.601. The molecule has 3 nitrogen and oxygen atoms in total. The standard InChI is InChI=1S/C12H14ClFN2O/c1-3-8(7(2)17)12(15)16-10-6-4-5-9(13)11(10)14/h3,5,16H,1,4,6,15H2,2H3/b12-8+. The number of carbonyl (C=O) groups excluding carboxylic acids is 1. The lowest BCUT2D eigenvalue weighted by Crippen LogP contribution is -2.24. The van der Waals surface area contributed by atoms with Crippen molar-refractivity contribution in [3.8, 4) is 0 Å². The smallest absolute Gasteiger partial charge is 0.163 e. The van der Waals surface area contributed by atoms with Crippen LogP contribution < -0.4 is 11.1 Å². The van der Waals surface area contributed by atoms with Crippen LogP contribution in [0.3, 0.4) is 0 Å². The van der Waals surface area contributed by atoms with E-state index in [9.17, 15) is 9.18 Å². The van der Waals surface area contributed by atoms with Crippen molar-refractivity contribution in [1.29, 1.82) is 0 Å². The van der Waals surface area contributed by atoms with Crippen molar-refractivity contribution in [3.63, 3.8) is 0 Å². The molecular weight excluding hydrogens is 243 g/mol. The monoisotopic (exact) mass is 256 g/mol. The van der Waals surface area contributed by atoms with Crippen LogP contribution >= 0.6 is 11.6 Å². The average molecular weight is 257 g/mol. The summed E-state index contributed by atoms with van der Waals surface area (Å²) in [6, 6.07) is 0. The molecule has 0 saturated carbocycles. The molecule has 0 aromatic carbocycles. The van der Waals surface area contributed by atoms with Gasteiger partial charge in [0.1, 0.15) is 5.82 Å². The number of hydrogen-bond acceptors (Lipinski definition) is 3. The summed E-state index contributed by atoms with van der Waals surface area (Å²) in [6.07, 6.45) is 4.03. The van der Waals surface area contributed by atoms with Crippen LogP contribution in [0.5, 0.6) is 0 Å². The van der Waals surface area contributed by atoms with Crippen molar-refractivity contribution >= 4 is 17.4 Å². The highest BCUT2D eigenvalue weighted by atomic mass is 35.5. The van der Waals surface area contributed by atoms with Gasteiger partial charge in [-0.2, -0.15) is 0 Å². The molecule has 0 radical (unpaired) electrons. The molecule has 92 valence electrons. The number of nitrogens with one attached hydrogen (secondary N) is 1. The van der Waals surface area contributed by atoms with Gasteiger partial charge in [0.25, 0.3) is 0 Å². The zero-order valence-corrected chi connectivity index (χ0v) is 10.3. The van der Waals surface area contributed by atoms with Gasteiger partial charge in [0, 0.05) is 0 Å². The van der Waals surface area contributed by atoms with E-state index >= 15 is 0 Å². The molecule has 0 heterocycles. The number of rotatable bonds is 4. The van der Waals surface area contributed by atoms with E-state index in [1.54, 1.807) is 6.08 Å². The SMILES string of the molecule is C=C/C(C(C)=O)=C(/N)NC1=C(F)C(Cl)=CCC1. The van der Waals surface area contributed by atoms with Gasteiger partial charge in [-0.05, 0) is 19.8 Å². The van der Waals surface area contributed by atoms with E-state index in [0.29, 0.717) is 12.8 Å². The molecule has 0 aliphatic heterocycles. The Balaban J connectivity index is 2.99. The fraction of sp³-hybridized carbons (Fsp3) is 0.250. The molecule has 0 spiro atoms. The average Bonchev–Trinajstić information content (AvgIpc) is 2.25. The van der Waals surface area contributed by atoms with Crippen LogP contribution in [-0.4, -0.2) is 5.78 Å². The summed E-state index contributed by atoms with van der Waals surface area (Å²) in [7, 11) is 0. The Morgan fingerprint density at radius 3 is 2.88 bits per heavy atom.